The molecule has 1 unspecified atom stereocenters. The molecular weight excluding hydrogens is 339 g/mol. The van der Waals surface area contributed by atoms with Crippen LogP contribution in [0.2, 0.25) is 0 Å². The summed E-state index contributed by atoms with van der Waals surface area (Å²) in [5, 5.41) is 16.5. The van der Waals surface area contributed by atoms with Gasteiger partial charge in [-0.15, -0.1) is 0 Å². The fourth-order valence-electron chi connectivity index (χ4n) is 3.36. The zero-order valence-electron chi connectivity index (χ0n) is 16.0. The van der Waals surface area contributed by atoms with Crippen LogP contribution in [0.3, 0.4) is 0 Å². The average molecular weight is 366 g/mol. The minimum absolute atomic E-state index is 0.311. The van der Waals surface area contributed by atoms with Crippen molar-refractivity contribution < 1.29 is 9.50 Å². The molecule has 0 bridgehead atoms. The van der Waals surface area contributed by atoms with Crippen LogP contribution in [0.5, 0.6) is 0 Å². The zero-order valence-corrected chi connectivity index (χ0v) is 16.0. The first-order valence-corrected chi connectivity index (χ1v) is 9.48. The van der Waals surface area contributed by atoms with Crippen LogP contribution in [0.1, 0.15) is 44.2 Å². The van der Waals surface area contributed by atoms with Crippen molar-refractivity contribution >= 4 is 10.8 Å². The second-order valence-corrected chi connectivity index (χ2v) is 7.52. The maximum Gasteiger partial charge on any atom is 0.123 e. The molecule has 0 aliphatic carbocycles. The Balaban J connectivity index is 1.47. The molecule has 0 aliphatic rings. The third-order valence-corrected chi connectivity index (χ3v) is 5.11. The monoisotopic (exact) mass is 366 g/mol. The third kappa shape index (κ3) is 5.34. The first-order valence-electron chi connectivity index (χ1n) is 9.48. The van der Waals surface area contributed by atoms with Gasteiger partial charge in [0.1, 0.15) is 5.82 Å². The quantitative estimate of drug-likeness (QED) is 0.594. The zero-order chi connectivity index (χ0) is 19.3. The summed E-state index contributed by atoms with van der Waals surface area (Å²) in [6.45, 7) is 4.71. The van der Waals surface area contributed by atoms with Gasteiger partial charge in [-0.05, 0) is 73.9 Å². The van der Waals surface area contributed by atoms with Crippen LogP contribution in [0, 0.1) is 5.82 Å². The summed E-state index contributed by atoms with van der Waals surface area (Å²) in [4.78, 5) is 4.14. The average Bonchev–Trinajstić information content (AvgIpc) is 2.66. The molecule has 142 valence electrons. The van der Waals surface area contributed by atoms with E-state index in [-0.39, 0.29) is 5.82 Å². The highest BCUT2D eigenvalue weighted by Gasteiger charge is 2.23. The summed E-state index contributed by atoms with van der Waals surface area (Å²) in [7, 11) is 0. The standard InChI is InChI=1S/C23H27FN2O/c1-17(5-4-11-23(2,27)21-6-3-7-22(24)14-21)26-15-18-8-9-20-16-25-12-10-19(20)13-18/h3,6-10,12-14,16-17,26-27H,4-5,11,15H2,1-2H3/t17-,23?/m1/s1. The van der Waals surface area contributed by atoms with Crippen LogP contribution >= 0.6 is 0 Å². The molecule has 0 radical (unpaired) electrons. The van der Waals surface area contributed by atoms with E-state index in [9.17, 15) is 9.50 Å². The number of fused-ring (bicyclic) bond motifs is 1. The molecule has 3 rings (SSSR count). The molecule has 1 heterocycles. The number of aliphatic hydroxyl groups is 1. The van der Waals surface area contributed by atoms with Crippen molar-refractivity contribution in [3.63, 3.8) is 0 Å². The lowest BCUT2D eigenvalue weighted by Gasteiger charge is -2.25. The number of pyridine rings is 1. The molecule has 2 atom stereocenters. The summed E-state index contributed by atoms with van der Waals surface area (Å²) in [6.07, 6.45) is 6.10. The molecule has 3 aromatic rings. The summed E-state index contributed by atoms with van der Waals surface area (Å²) in [5.74, 6) is -0.311. The number of benzene rings is 2. The van der Waals surface area contributed by atoms with Crippen molar-refractivity contribution in [2.24, 2.45) is 0 Å². The van der Waals surface area contributed by atoms with Gasteiger partial charge in [-0.1, -0.05) is 24.3 Å². The van der Waals surface area contributed by atoms with Crippen molar-refractivity contribution in [3.8, 4) is 0 Å². The molecule has 2 aromatic carbocycles. The van der Waals surface area contributed by atoms with Gasteiger partial charge in [-0.3, -0.25) is 4.98 Å². The van der Waals surface area contributed by atoms with E-state index in [1.54, 1.807) is 19.1 Å². The van der Waals surface area contributed by atoms with Gasteiger partial charge in [-0.2, -0.15) is 0 Å². The second-order valence-electron chi connectivity index (χ2n) is 7.52. The Labute approximate surface area is 160 Å². The minimum Gasteiger partial charge on any atom is -0.385 e. The summed E-state index contributed by atoms with van der Waals surface area (Å²) >= 11 is 0. The van der Waals surface area contributed by atoms with Gasteiger partial charge in [0.05, 0.1) is 5.60 Å². The lowest BCUT2D eigenvalue weighted by molar-refractivity contribution is 0.0440. The maximum atomic E-state index is 13.4. The Kier molecular flexibility index (Phi) is 6.19. The molecule has 27 heavy (non-hydrogen) atoms. The van der Waals surface area contributed by atoms with Crippen LogP contribution < -0.4 is 5.32 Å². The van der Waals surface area contributed by atoms with E-state index < -0.39 is 5.60 Å². The van der Waals surface area contributed by atoms with Crippen LogP contribution in [0.15, 0.2) is 60.9 Å². The Bertz CT molecular complexity index is 894. The first-order chi connectivity index (χ1) is 12.9. The van der Waals surface area contributed by atoms with Crippen LogP contribution in [0.25, 0.3) is 10.8 Å². The molecule has 0 saturated carbocycles. The highest BCUT2D eigenvalue weighted by atomic mass is 19.1. The van der Waals surface area contributed by atoms with Crippen molar-refractivity contribution in [2.45, 2.75) is 51.3 Å². The van der Waals surface area contributed by atoms with Crippen LogP contribution in [-0.4, -0.2) is 16.1 Å². The summed E-state index contributed by atoms with van der Waals surface area (Å²) in [6, 6.07) is 15.0. The summed E-state index contributed by atoms with van der Waals surface area (Å²) in [5.41, 5.74) is 0.870. The molecule has 2 N–H and O–H groups in total. The normalized spacial score (nSPS) is 14.8. The molecule has 0 aliphatic heterocycles. The Morgan fingerprint density at radius 1 is 1.15 bits per heavy atom. The summed E-state index contributed by atoms with van der Waals surface area (Å²) < 4.78 is 13.4. The second kappa shape index (κ2) is 8.59. The fraction of sp³-hybridized carbons (Fsp3) is 0.348. The molecule has 1 aromatic heterocycles. The van der Waals surface area contributed by atoms with Gasteiger partial charge < -0.3 is 10.4 Å². The van der Waals surface area contributed by atoms with Crippen molar-refractivity contribution in [1.82, 2.24) is 10.3 Å². The molecule has 4 heteroatoms. The van der Waals surface area contributed by atoms with E-state index in [2.05, 4.69) is 35.4 Å². The fourth-order valence-corrected chi connectivity index (χ4v) is 3.36. The topological polar surface area (TPSA) is 45.1 Å². The molecule has 0 spiro atoms. The molecular formula is C23H27FN2O. The smallest absolute Gasteiger partial charge is 0.123 e. The number of hydrogen-bond donors (Lipinski definition) is 2. The van der Waals surface area contributed by atoms with Crippen molar-refractivity contribution in [3.05, 3.63) is 77.9 Å². The predicted octanol–water partition coefficient (Wildman–Crippen LogP) is 4.93. The highest BCUT2D eigenvalue weighted by Crippen LogP contribution is 2.27. The van der Waals surface area contributed by atoms with Gasteiger partial charge in [-0.25, -0.2) is 4.39 Å². The predicted molar refractivity (Wildman–Crippen MR) is 108 cm³/mol. The lowest BCUT2D eigenvalue weighted by atomic mass is 9.90. The largest absolute Gasteiger partial charge is 0.385 e. The highest BCUT2D eigenvalue weighted by molar-refractivity contribution is 5.81. The number of aromatic nitrogens is 1. The van der Waals surface area contributed by atoms with E-state index in [0.29, 0.717) is 18.0 Å². The van der Waals surface area contributed by atoms with E-state index in [1.165, 1.54) is 23.1 Å². The van der Waals surface area contributed by atoms with E-state index >= 15 is 0 Å². The van der Waals surface area contributed by atoms with Gasteiger partial charge in [0, 0.05) is 30.4 Å². The van der Waals surface area contributed by atoms with Gasteiger partial charge in [0.25, 0.3) is 0 Å². The number of halogens is 1. The van der Waals surface area contributed by atoms with Gasteiger partial charge in [0.2, 0.25) is 0 Å². The third-order valence-electron chi connectivity index (χ3n) is 5.11. The molecule has 0 saturated heterocycles. The lowest BCUT2D eigenvalue weighted by Crippen LogP contribution is -2.27. The van der Waals surface area contributed by atoms with Crippen molar-refractivity contribution in [1.29, 1.82) is 0 Å². The van der Waals surface area contributed by atoms with Crippen LogP contribution in [-0.2, 0) is 12.1 Å². The van der Waals surface area contributed by atoms with E-state index in [1.807, 2.05) is 18.5 Å². The Hall–Kier alpha value is -2.30. The van der Waals surface area contributed by atoms with Gasteiger partial charge >= 0.3 is 0 Å². The van der Waals surface area contributed by atoms with Gasteiger partial charge in [0.15, 0.2) is 0 Å². The molecule has 3 nitrogen and oxygen atoms in total. The number of nitrogens with zero attached hydrogens (tertiary/aromatic N) is 1. The number of rotatable bonds is 8. The SMILES string of the molecule is C[C@H](CCCC(C)(O)c1cccc(F)c1)NCc1ccc2cnccc2c1. The van der Waals surface area contributed by atoms with E-state index in [0.717, 1.165) is 24.8 Å². The Morgan fingerprint density at radius 3 is 2.81 bits per heavy atom. The molecule has 0 fully saturated rings. The number of hydrogen-bond acceptors (Lipinski definition) is 3. The minimum atomic E-state index is -1.01. The van der Waals surface area contributed by atoms with Crippen LogP contribution in [0.4, 0.5) is 4.39 Å². The van der Waals surface area contributed by atoms with Crippen molar-refractivity contribution in [2.75, 3.05) is 0 Å². The number of nitrogens with one attached hydrogen (secondary N) is 1. The Morgan fingerprint density at radius 2 is 2.00 bits per heavy atom. The van der Waals surface area contributed by atoms with E-state index in [4.69, 9.17) is 0 Å². The first kappa shape index (κ1) is 19.5. The molecule has 0 amide bonds. The maximum absolute atomic E-state index is 13.4.